The van der Waals surface area contributed by atoms with Crippen LogP contribution in [0.2, 0.25) is 32.7 Å². The molecule has 0 saturated heterocycles. The van der Waals surface area contributed by atoms with E-state index in [2.05, 4.69) is 32.7 Å². The Bertz CT molecular complexity index is 99.1. The zero-order valence-electron chi connectivity index (χ0n) is 8.23. The molecule has 4 heteroatoms. The molecule has 0 aliphatic rings. The molecule has 0 bridgehead atoms. The molecule has 67 valence electrons. The first-order valence-electron chi connectivity index (χ1n) is 3.99. The summed E-state index contributed by atoms with van der Waals surface area (Å²) in [7, 11) is -1.81. The molecule has 1 radical (unpaired) electrons. The first-order chi connectivity index (χ1) is 4.92. The van der Waals surface area contributed by atoms with E-state index in [1.165, 1.54) is 0 Å². The molecule has 0 saturated carbocycles. The lowest BCUT2D eigenvalue weighted by atomic mass is 10.8. The van der Waals surface area contributed by atoms with Gasteiger partial charge in [0.15, 0.2) is 8.32 Å². The van der Waals surface area contributed by atoms with Gasteiger partial charge in [0.25, 0.3) is 0 Å². The Balaban J connectivity index is 3.15. The van der Waals surface area contributed by atoms with E-state index in [9.17, 15) is 0 Å². The molecule has 0 amide bonds. The summed E-state index contributed by atoms with van der Waals surface area (Å²) < 4.78 is 11.0. The van der Waals surface area contributed by atoms with Gasteiger partial charge in [-0.3, -0.25) is 0 Å². The third-order valence-corrected chi connectivity index (χ3v) is 2.86. The minimum absolute atomic E-state index is 0.517. The fourth-order valence-corrected chi connectivity index (χ4v) is 1.78. The summed E-state index contributed by atoms with van der Waals surface area (Å²) in [6, 6.07) is 0. The molecule has 0 atom stereocenters. The van der Waals surface area contributed by atoms with Crippen molar-refractivity contribution in [2.45, 2.75) is 32.7 Å². The Kier molecular flexibility index (Phi) is 5.24. The van der Waals surface area contributed by atoms with Gasteiger partial charge in [-0.1, -0.05) is 0 Å². The number of rotatable bonds is 5. The van der Waals surface area contributed by atoms with Crippen LogP contribution in [0, 0.1) is 0 Å². The third kappa shape index (κ3) is 10.4. The molecule has 0 aromatic rings. The van der Waals surface area contributed by atoms with Gasteiger partial charge in [0, 0.05) is 0 Å². The van der Waals surface area contributed by atoms with Gasteiger partial charge in [-0.25, -0.2) is 0 Å². The highest BCUT2D eigenvalue weighted by Crippen LogP contribution is 2.01. The van der Waals surface area contributed by atoms with Gasteiger partial charge in [-0.05, 0) is 32.7 Å². The van der Waals surface area contributed by atoms with Crippen molar-refractivity contribution in [3.63, 3.8) is 0 Å². The van der Waals surface area contributed by atoms with Crippen molar-refractivity contribution in [2.75, 3.05) is 13.2 Å². The summed E-state index contributed by atoms with van der Waals surface area (Å²) in [5.41, 5.74) is 0. The van der Waals surface area contributed by atoms with Crippen LogP contribution in [-0.2, 0) is 8.85 Å². The van der Waals surface area contributed by atoms with Crippen molar-refractivity contribution in [1.29, 1.82) is 0 Å². The van der Waals surface area contributed by atoms with Crippen LogP contribution in [-0.4, -0.2) is 30.6 Å². The SMILES string of the molecule is C[Si](C)OCCO[Si](C)(C)C. The molecule has 2 nitrogen and oxygen atoms in total. The predicted molar refractivity (Wildman–Crippen MR) is 52.7 cm³/mol. The molecule has 0 fully saturated rings. The highest BCUT2D eigenvalue weighted by atomic mass is 28.4. The van der Waals surface area contributed by atoms with E-state index < -0.39 is 17.4 Å². The Labute approximate surface area is 72.8 Å². The molecular weight excluding hydrogens is 172 g/mol. The second kappa shape index (κ2) is 5.08. The highest BCUT2D eigenvalue weighted by Gasteiger charge is 2.13. The molecule has 0 rings (SSSR count). The fourth-order valence-electron chi connectivity index (χ4n) is 0.594. The predicted octanol–water partition coefficient (Wildman–Crippen LogP) is 2.11. The van der Waals surface area contributed by atoms with Crippen LogP contribution in [0.1, 0.15) is 0 Å². The van der Waals surface area contributed by atoms with Crippen LogP contribution in [0.3, 0.4) is 0 Å². The fraction of sp³-hybridized carbons (Fsp3) is 1.00. The van der Waals surface area contributed by atoms with Crippen LogP contribution in [0.15, 0.2) is 0 Å². The van der Waals surface area contributed by atoms with Crippen LogP contribution in [0.4, 0.5) is 0 Å². The van der Waals surface area contributed by atoms with E-state index >= 15 is 0 Å². The average molecular weight is 191 g/mol. The van der Waals surface area contributed by atoms with E-state index in [-0.39, 0.29) is 0 Å². The van der Waals surface area contributed by atoms with Gasteiger partial charge < -0.3 is 8.85 Å². The summed E-state index contributed by atoms with van der Waals surface area (Å²) in [4.78, 5) is 0. The zero-order chi connectivity index (χ0) is 8.91. The van der Waals surface area contributed by atoms with E-state index in [1.54, 1.807) is 0 Å². The van der Waals surface area contributed by atoms with E-state index in [0.717, 1.165) is 13.2 Å². The molecule has 0 heterocycles. The van der Waals surface area contributed by atoms with Crippen molar-refractivity contribution in [3.05, 3.63) is 0 Å². The Hall–Kier alpha value is 0.354. The van der Waals surface area contributed by atoms with E-state index in [4.69, 9.17) is 8.85 Å². The minimum Gasteiger partial charge on any atom is -0.415 e. The number of hydrogen-bond acceptors (Lipinski definition) is 2. The van der Waals surface area contributed by atoms with Gasteiger partial charge >= 0.3 is 0 Å². The highest BCUT2D eigenvalue weighted by molar-refractivity contribution is 6.69. The average Bonchev–Trinajstić information content (AvgIpc) is 1.78. The molecule has 0 N–H and O–H groups in total. The lowest BCUT2D eigenvalue weighted by molar-refractivity contribution is 0.214. The zero-order valence-corrected chi connectivity index (χ0v) is 10.2. The molecule has 0 aliphatic carbocycles. The van der Waals surface area contributed by atoms with Gasteiger partial charge in [-0.15, -0.1) is 0 Å². The molecule has 0 unspecified atom stereocenters. The van der Waals surface area contributed by atoms with Crippen LogP contribution < -0.4 is 0 Å². The molecule has 11 heavy (non-hydrogen) atoms. The monoisotopic (exact) mass is 191 g/mol. The Morgan fingerprint density at radius 1 is 1.09 bits per heavy atom. The van der Waals surface area contributed by atoms with E-state index in [0.29, 0.717) is 0 Å². The van der Waals surface area contributed by atoms with Crippen molar-refractivity contribution >= 4 is 17.4 Å². The second-order valence-corrected chi connectivity index (χ2v) is 10.3. The lowest BCUT2D eigenvalue weighted by Crippen LogP contribution is -2.28. The normalized spacial score (nSPS) is 12.5. The molecule has 0 aromatic heterocycles. The van der Waals surface area contributed by atoms with Gasteiger partial charge in [0.2, 0.25) is 9.04 Å². The van der Waals surface area contributed by atoms with Gasteiger partial charge in [0.1, 0.15) is 0 Å². The molecular formula is C7H19O2Si2. The Morgan fingerprint density at radius 2 is 1.64 bits per heavy atom. The molecule has 0 aromatic carbocycles. The maximum Gasteiger partial charge on any atom is 0.205 e. The summed E-state index contributed by atoms with van der Waals surface area (Å²) in [6.45, 7) is 12.4. The summed E-state index contributed by atoms with van der Waals surface area (Å²) in [5.74, 6) is 0. The summed E-state index contributed by atoms with van der Waals surface area (Å²) in [5, 5.41) is 0. The minimum atomic E-state index is -1.30. The topological polar surface area (TPSA) is 18.5 Å². The maximum absolute atomic E-state index is 5.61. The first kappa shape index (κ1) is 11.4. The van der Waals surface area contributed by atoms with Crippen molar-refractivity contribution in [2.24, 2.45) is 0 Å². The smallest absolute Gasteiger partial charge is 0.205 e. The maximum atomic E-state index is 5.61. The van der Waals surface area contributed by atoms with Crippen LogP contribution in [0.25, 0.3) is 0 Å². The van der Waals surface area contributed by atoms with Gasteiger partial charge in [-0.2, -0.15) is 0 Å². The third-order valence-electron chi connectivity index (χ3n) is 1.01. The molecule has 0 aliphatic heterocycles. The largest absolute Gasteiger partial charge is 0.415 e. The van der Waals surface area contributed by atoms with E-state index in [1.807, 2.05) is 0 Å². The second-order valence-electron chi connectivity index (χ2n) is 3.72. The summed E-state index contributed by atoms with van der Waals surface area (Å²) in [6.07, 6.45) is 0. The summed E-state index contributed by atoms with van der Waals surface area (Å²) >= 11 is 0. The molecule has 0 spiro atoms. The van der Waals surface area contributed by atoms with Crippen molar-refractivity contribution in [1.82, 2.24) is 0 Å². The number of hydrogen-bond donors (Lipinski definition) is 0. The first-order valence-corrected chi connectivity index (χ1v) is 9.80. The van der Waals surface area contributed by atoms with Crippen LogP contribution >= 0.6 is 0 Å². The lowest BCUT2D eigenvalue weighted by Gasteiger charge is -2.17. The van der Waals surface area contributed by atoms with Crippen molar-refractivity contribution in [3.8, 4) is 0 Å². The van der Waals surface area contributed by atoms with Crippen molar-refractivity contribution < 1.29 is 8.85 Å². The standard InChI is InChI=1S/C7H19O2Si2/c1-10(2)8-6-7-9-11(3,4)5/h6-7H2,1-5H3. The van der Waals surface area contributed by atoms with Gasteiger partial charge in [0.05, 0.1) is 13.2 Å². The quantitative estimate of drug-likeness (QED) is 0.489. The van der Waals surface area contributed by atoms with Crippen LogP contribution in [0.5, 0.6) is 0 Å². The Morgan fingerprint density at radius 3 is 2.00 bits per heavy atom.